The number of hydrogen-bond acceptors (Lipinski definition) is 7. The van der Waals surface area contributed by atoms with Gasteiger partial charge in [0.1, 0.15) is 6.10 Å². The second-order valence-electron chi connectivity index (χ2n) is 5.21. The number of aliphatic hydroxyl groups is 3. The molecule has 0 saturated carbocycles. The fraction of sp³-hybridized carbons (Fsp3) is 0.846. The Morgan fingerprint density at radius 1 is 1.32 bits per heavy atom. The fourth-order valence-electron chi connectivity index (χ4n) is 2.36. The van der Waals surface area contributed by atoms with Gasteiger partial charge in [-0.1, -0.05) is 13.8 Å². The molecule has 1 aliphatic rings. The number of carboxylic acids is 1. The van der Waals surface area contributed by atoms with Crippen LogP contribution >= 0.6 is 0 Å². The van der Waals surface area contributed by atoms with Gasteiger partial charge in [0.15, 0.2) is 6.10 Å². The van der Waals surface area contributed by atoms with Crippen LogP contribution in [0.25, 0.3) is 0 Å². The topological polar surface area (TPSA) is 163 Å². The first-order chi connectivity index (χ1) is 9.76. The van der Waals surface area contributed by atoms with Crippen molar-refractivity contribution in [2.45, 2.75) is 57.2 Å². The second kappa shape index (κ2) is 8.39. The monoisotopic (exact) mass is 322 g/mol. The molecule has 1 unspecified atom stereocenters. The average molecular weight is 322 g/mol. The standard InChI is InChI=1S/C13H23NO7.H3N/c1-3-5-14(6-4-2)11(17)9(16)10-8(15)7-13(20,21-10)12(18)19;/h8-10,15-16,20H,3-7H2,1-2H3,(H,18,19);1H3/t8-,9+,10+,13?;/m0./s1. The number of rotatable bonds is 7. The first kappa shape index (κ1) is 20.7. The third-order valence-electron chi connectivity index (χ3n) is 3.39. The van der Waals surface area contributed by atoms with Gasteiger partial charge >= 0.3 is 5.97 Å². The lowest BCUT2D eigenvalue weighted by Gasteiger charge is -2.28. The van der Waals surface area contributed by atoms with E-state index < -0.39 is 42.4 Å². The van der Waals surface area contributed by atoms with Gasteiger partial charge in [-0.25, -0.2) is 4.79 Å². The maximum atomic E-state index is 12.2. The van der Waals surface area contributed by atoms with Crippen LogP contribution in [0.4, 0.5) is 0 Å². The van der Waals surface area contributed by atoms with Crippen LogP contribution in [0.3, 0.4) is 0 Å². The predicted molar refractivity (Wildman–Crippen MR) is 76.3 cm³/mol. The van der Waals surface area contributed by atoms with Crippen LogP contribution in [0.1, 0.15) is 33.1 Å². The van der Waals surface area contributed by atoms with E-state index in [4.69, 9.17) is 9.84 Å². The number of amides is 1. The Hall–Kier alpha value is -1.26. The first-order valence-corrected chi connectivity index (χ1v) is 7.05. The molecule has 1 amide bonds. The molecule has 1 fully saturated rings. The second-order valence-corrected chi connectivity index (χ2v) is 5.21. The molecule has 1 rings (SSSR count). The largest absolute Gasteiger partial charge is 0.477 e. The van der Waals surface area contributed by atoms with E-state index >= 15 is 0 Å². The minimum Gasteiger partial charge on any atom is -0.477 e. The van der Waals surface area contributed by atoms with Crippen molar-refractivity contribution >= 4 is 11.9 Å². The molecule has 0 aromatic carbocycles. The van der Waals surface area contributed by atoms with Crippen LogP contribution in [0.5, 0.6) is 0 Å². The molecule has 1 saturated heterocycles. The molecular weight excluding hydrogens is 296 g/mol. The fourth-order valence-corrected chi connectivity index (χ4v) is 2.36. The lowest BCUT2D eigenvalue weighted by Crippen LogP contribution is -2.49. The maximum absolute atomic E-state index is 12.2. The number of aliphatic hydroxyl groups excluding tert-OH is 2. The number of carboxylic acid groups (broad SMARTS) is 1. The summed E-state index contributed by atoms with van der Waals surface area (Å²) in [6, 6.07) is 0. The Kier molecular flexibility index (Phi) is 7.91. The minimum absolute atomic E-state index is 0. The molecule has 4 atom stereocenters. The van der Waals surface area contributed by atoms with Crippen LogP contribution in [0, 0.1) is 0 Å². The van der Waals surface area contributed by atoms with Gasteiger partial charge in [-0.15, -0.1) is 0 Å². The molecule has 0 aliphatic carbocycles. The van der Waals surface area contributed by atoms with E-state index in [0.29, 0.717) is 25.9 Å². The Balaban J connectivity index is 0.00000441. The Morgan fingerprint density at radius 2 is 1.82 bits per heavy atom. The van der Waals surface area contributed by atoms with E-state index in [2.05, 4.69) is 0 Å². The summed E-state index contributed by atoms with van der Waals surface area (Å²) in [7, 11) is 0. The summed E-state index contributed by atoms with van der Waals surface area (Å²) >= 11 is 0. The summed E-state index contributed by atoms with van der Waals surface area (Å²) in [6.45, 7) is 4.64. The average Bonchev–Trinajstić information content (AvgIpc) is 2.73. The summed E-state index contributed by atoms with van der Waals surface area (Å²) in [5.41, 5.74) is 0. The zero-order valence-corrected chi connectivity index (χ0v) is 12.9. The molecule has 1 heterocycles. The van der Waals surface area contributed by atoms with E-state index in [9.17, 15) is 24.9 Å². The van der Waals surface area contributed by atoms with Gasteiger partial charge in [-0.05, 0) is 12.8 Å². The van der Waals surface area contributed by atoms with E-state index in [1.165, 1.54) is 4.90 Å². The van der Waals surface area contributed by atoms with Crippen molar-refractivity contribution in [3.8, 4) is 0 Å². The molecule has 0 radical (unpaired) electrons. The van der Waals surface area contributed by atoms with Gasteiger partial charge in [0.25, 0.3) is 11.7 Å². The molecule has 0 bridgehead atoms. The molecule has 130 valence electrons. The number of aliphatic carboxylic acids is 1. The van der Waals surface area contributed by atoms with Crippen LogP contribution in [-0.4, -0.2) is 74.4 Å². The molecule has 9 heteroatoms. The molecule has 0 spiro atoms. The van der Waals surface area contributed by atoms with E-state index in [-0.39, 0.29) is 6.15 Å². The number of carbonyl (C=O) groups excluding carboxylic acids is 1. The molecule has 0 aromatic rings. The molecule has 7 N–H and O–H groups in total. The van der Waals surface area contributed by atoms with E-state index in [1.54, 1.807) is 0 Å². The summed E-state index contributed by atoms with van der Waals surface area (Å²) in [6.07, 6.45) is -3.81. The smallest absolute Gasteiger partial charge is 0.364 e. The summed E-state index contributed by atoms with van der Waals surface area (Å²) in [5.74, 6) is -4.88. The quantitative estimate of drug-likeness (QED) is 0.402. The van der Waals surface area contributed by atoms with Gasteiger partial charge in [0.05, 0.1) is 6.10 Å². The highest BCUT2D eigenvalue weighted by molar-refractivity contribution is 5.82. The summed E-state index contributed by atoms with van der Waals surface area (Å²) in [5, 5.41) is 38.3. The Labute approximate surface area is 129 Å². The van der Waals surface area contributed by atoms with Crippen molar-refractivity contribution in [3.05, 3.63) is 0 Å². The predicted octanol–water partition coefficient (Wildman–Crippen LogP) is -0.919. The van der Waals surface area contributed by atoms with E-state index in [0.717, 1.165) is 0 Å². The molecule has 22 heavy (non-hydrogen) atoms. The maximum Gasteiger partial charge on any atom is 0.364 e. The minimum atomic E-state index is -2.58. The van der Waals surface area contributed by atoms with Crippen LogP contribution in [-0.2, 0) is 14.3 Å². The molecule has 0 aromatic heterocycles. The highest BCUT2D eigenvalue weighted by Gasteiger charge is 2.54. The number of hydrogen-bond donors (Lipinski definition) is 5. The van der Waals surface area contributed by atoms with Gasteiger partial charge in [0, 0.05) is 19.5 Å². The van der Waals surface area contributed by atoms with Gasteiger partial charge in [-0.3, -0.25) is 4.79 Å². The van der Waals surface area contributed by atoms with Crippen LogP contribution in [0.15, 0.2) is 0 Å². The van der Waals surface area contributed by atoms with Crippen LogP contribution < -0.4 is 6.15 Å². The Bertz CT molecular complexity index is 387. The lowest BCUT2D eigenvalue weighted by molar-refractivity contribution is -0.225. The van der Waals surface area contributed by atoms with Crippen molar-refractivity contribution in [1.29, 1.82) is 0 Å². The Morgan fingerprint density at radius 3 is 2.18 bits per heavy atom. The van der Waals surface area contributed by atoms with Gasteiger partial charge in [-0.2, -0.15) is 0 Å². The zero-order valence-electron chi connectivity index (χ0n) is 12.9. The molecular formula is C13H26N2O7. The molecule has 1 aliphatic heterocycles. The van der Waals surface area contributed by atoms with Crippen molar-refractivity contribution in [3.63, 3.8) is 0 Å². The number of carbonyl (C=O) groups is 2. The first-order valence-electron chi connectivity index (χ1n) is 7.05. The van der Waals surface area contributed by atoms with E-state index in [1.807, 2.05) is 13.8 Å². The molecule has 9 nitrogen and oxygen atoms in total. The van der Waals surface area contributed by atoms with Gasteiger partial charge in [0.2, 0.25) is 0 Å². The van der Waals surface area contributed by atoms with Crippen molar-refractivity contribution in [2.75, 3.05) is 13.1 Å². The van der Waals surface area contributed by atoms with Gasteiger partial charge < -0.3 is 36.2 Å². The van der Waals surface area contributed by atoms with Crippen molar-refractivity contribution < 1.29 is 34.8 Å². The van der Waals surface area contributed by atoms with Crippen molar-refractivity contribution in [1.82, 2.24) is 11.1 Å². The lowest BCUT2D eigenvalue weighted by atomic mass is 10.0. The zero-order chi connectivity index (χ0) is 16.2. The highest BCUT2D eigenvalue weighted by atomic mass is 16.7. The normalized spacial score (nSPS) is 28.8. The SMILES string of the molecule is CCCN(CCC)C(=O)[C@H](O)[C@@H]1OC(O)(C(=O)O)C[C@@H]1O.N. The highest BCUT2D eigenvalue weighted by Crippen LogP contribution is 2.31. The summed E-state index contributed by atoms with van der Waals surface area (Å²) < 4.78 is 4.82. The summed E-state index contributed by atoms with van der Waals surface area (Å²) in [4.78, 5) is 24.5. The third kappa shape index (κ3) is 4.37. The van der Waals surface area contributed by atoms with Crippen LogP contribution in [0.2, 0.25) is 0 Å². The number of nitrogens with zero attached hydrogens (tertiary/aromatic N) is 1. The third-order valence-corrected chi connectivity index (χ3v) is 3.39. The number of ether oxygens (including phenoxy) is 1. The van der Waals surface area contributed by atoms with Crippen molar-refractivity contribution in [2.24, 2.45) is 0 Å².